The van der Waals surface area contributed by atoms with Crippen LogP contribution >= 0.6 is 15.9 Å². The highest BCUT2D eigenvalue weighted by Gasteiger charge is 2.20. The number of rotatable bonds is 4. The Morgan fingerprint density at radius 1 is 1.33 bits per heavy atom. The molecule has 3 nitrogen and oxygen atoms in total. The fourth-order valence-electron chi connectivity index (χ4n) is 1.90. The molecule has 0 N–H and O–H groups in total. The maximum absolute atomic E-state index is 11.1. The minimum atomic E-state index is 0.210. The zero-order valence-electron chi connectivity index (χ0n) is 9.71. The molecule has 0 aromatic carbocycles. The van der Waals surface area contributed by atoms with E-state index in [2.05, 4.69) is 27.8 Å². The largest absolute Gasteiger partial charge is 0.340 e. The van der Waals surface area contributed by atoms with Crippen LogP contribution < -0.4 is 0 Å². The van der Waals surface area contributed by atoms with Gasteiger partial charge in [0.2, 0.25) is 5.91 Å². The number of nitrogens with zero attached hydrogens (tertiary/aromatic N) is 2. The topological polar surface area (TPSA) is 23.6 Å². The van der Waals surface area contributed by atoms with Gasteiger partial charge in [-0.1, -0.05) is 29.3 Å². The van der Waals surface area contributed by atoms with E-state index in [4.69, 9.17) is 0 Å². The van der Waals surface area contributed by atoms with E-state index >= 15 is 0 Å². The van der Waals surface area contributed by atoms with Crippen molar-refractivity contribution in [1.82, 2.24) is 9.80 Å². The number of amides is 1. The number of alkyl halides is 1. The van der Waals surface area contributed by atoms with Gasteiger partial charge in [0, 0.05) is 45.0 Å². The normalized spacial score (nSPS) is 20.3. The van der Waals surface area contributed by atoms with Gasteiger partial charge >= 0.3 is 0 Å². The van der Waals surface area contributed by atoms with Crippen LogP contribution in [-0.4, -0.2) is 53.8 Å². The van der Waals surface area contributed by atoms with Crippen LogP contribution in [0.15, 0.2) is 0 Å². The van der Waals surface area contributed by atoms with E-state index in [9.17, 15) is 4.79 Å². The summed E-state index contributed by atoms with van der Waals surface area (Å²) in [7, 11) is 0. The molecule has 1 saturated heterocycles. The molecule has 4 heteroatoms. The molecular formula is C11H21BrN2O. The van der Waals surface area contributed by atoms with Crippen LogP contribution in [-0.2, 0) is 4.79 Å². The van der Waals surface area contributed by atoms with Crippen molar-refractivity contribution in [3.63, 3.8) is 0 Å². The number of halogens is 1. The molecule has 0 aromatic heterocycles. The molecule has 1 amide bonds. The smallest absolute Gasteiger partial charge is 0.219 e. The second kappa shape index (κ2) is 6.48. The van der Waals surface area contributed by atoms with Crippen molar-refractivity contribution in [1.29, 1.82) is 0 Å². The fourth-order valence-corrected chi connectivity index (χ4v) is 2.56. The van der Waals surface area contributed by atoms with E-state index in [0.717, 1.165) is 44.0 Å². The zero-order valence-corrected chi connectivity index (χ0v) is 11.3. The molecule has 1 heterocycles. The Hall–Kier alpha value is -0.0900. The van der Waals surface area contributed by atoms with Crippen molar-refractivity contribution < 1.29 is 4.79 Å². The molecule has 1 aliphatic rings. The number of piperazine rings is 1. The lowest BCUT2D eigenvalue weighted by Crippen LogP contribution is -2.49. The summed E-state index contributed by atoms with van der Waals surface area (Å²) in [6.07, 6.45) is 1.22. The third-order valence-electron chi connectivity index (χ3n) is 3.13. The summed E-state index contributed by atoms with van der Waals surface area (Å²) in [5.41, 5.74) is 0. The Kier molecular flexibility index (Phi) is 5.61. The summed E-state index contributed by atoms with van der Waals surface area (Å²) >= 11 is 3.55. The van der Waals surface area contributed by atoms with Crippen LogP contribution in [0.5, 0.6) is 0 Å². The molecule has 1 unspecified atom stereocenters. The molecule has 0 radical (unpaired) electrons. The van der Waals surface area contributed by atoms with Crippen LogP contribution in [0.3, 0.4) is 0 Å². The summed E-state index contributed by atoms with van der Waals surface area (Å²) < 4.78 is 0. The number of carbonyl (C=O) groups excluding carboxylic acids is 1. The summed E-state index contributed by atoms with van der Waals surface area (Å²) in [6.45, 7) is 8.91. The second-order valence-electron chi connectivity index (χ2n) is 4.24. The summed E-state index contributed by atoms with van der Waals surface area (Å²) in [5, 5.41) is 1.08. The predicted molar refractivity (Wildman–Crippen MR) is 66.3 cm³/mol. The second-order valence-corrected chi connectivity index (χ2v) is 4.88. The van der Waals surface area contributed by atoms with Gasteiger partial charge in [0.1, 0.15) is 0 Å². The molecule has 0 saturated carbocycles. The lowest BCUT2D eigenvalue weighted by atomic mass is 10.1. The average molecular weight is 277 g/mol. The van der Waals surface area contributed by atoms with Gasteiger partial charge in [0.15, 0.2) is 0 Å². The first kappa shape index (κ1) is 13.0. The van der Waals surface area contributed by atoms with Crippen molar-refractivity contribution in [2.24, 2.45) is 5.92 Å². The lowest BCUT2D eigenvalue weighted by Gasteiger charge is -2.35. The Morgan fingerprint density at radius 3 is 2.33 bits per heavy atom. The highest BCUT2D eigenvalue weighted by atomic mass is 79.9. The first-order valence-electron chi connectivity index (χ1n) is 5.71. The van der Waals surface area contributed by atoms with Crippen molar-refractivity contribution in [3.8, 4) is 0 Å². The van der Waals surface area contributed by atoms with Gasteiger partial charge in [-0.05, 0) is 5.92 Å². The van der Waals surface area contributed by atoms with E-state index in [1.165, 1.54) is 6.42 Å². The van der Waals surface area contributed by atoms with Crippen molar-refractivity contribution in [2.45, 2.75) is 20.3 Å². The van der Waals surface area contributed by atoms with Gasteiger partial charge in [-0.25, -0.2) is 0 Å². The summed E-state index contributed by atoms with van der Waals surface area (Å²) in [4.78, 5) is 15.5. The number of hydrogen-bond acceptors (Lipinski definition) is 2. The van der Waals surface area contributed by atoms with E-state index < -0.39 is 0 Å². The maximum atomic E-state index is 11.1. The molecular weight excluding hydrogens is 256 g/mol. The predicted octanol–water partition coefficient (Wildman–Crippen LogP) is 1.57. The quantitative estimate of drug-likeness (QED) is 0.728. The standard InChI is InChI=1S/C11H21BrN2O/c1-3-11(8-12)9-13-4-6-14(7-5-13)10(2)15/h11H,3-9H2,1-2H3. The molecule has 1 rings (SSSR count). The summed E-state index contributed by atoms with van der Waals surface area (Å²) in [5.74, 6) is 0.955. The van der Waals surface area contributed by atoms with Crippen LogP contribution in [0.2, 0.25) is 0 Å². The molecule has 0 bridgehead atoms. The van der Waals surface area contributed by atoms with Gasteiger partial charge in [-0.15, -0.1) is 0 Å². The molecule has 0 spiro atoms. The fraction of sp³-hybridized carbons (Fsp3) is 0.909. The molecule has 1 atom stereocenters. The Balaban J connectivity index is 2.28. The van der Waals surface area contributed by atoms with Crippen LogP contribution in [0.1, 0.15) is 20.3 Å². The number of hydrogen-bond donors (Lipinski definition) is 0. The molecule has 1 fully saturated rings. The Morgan fingerprint density at radius 2 is 1.93 bits per heavy atom. The van der Waals surface area contributed by atoms with Gasteiger partial charge in [0.25, 0.3) is 0 Å². The molecule has 1 aliphatic heterocycles. The average Bonchev–Trinajstić information content (AvgIpc) is 2.26. The minimum absolute atomic E-state index is 0.210. The van der Waals surface area contributed by atoms with Gasteiger partial charge in [0.05, 0.1) is 0 Å². The van der Waals surface area contributed by atoms with Crippen LogP contribution in [0, 0.1) is 5.92 Å². The van der Waals surface area contributed by atoms with E-state index in [1.54, 1.807) is 6.92 Å². The lowest BCUT2D eigenvalue weighted by molar-refractivity contribution is -0.130. The third-order valence-corrected chi connectivity index (χ3v) is 4.05. The van der Waals surface area contributed by atoms with Gasteiger partial charge in [-0.2, -0.15) is 0 Å². The highest BCUT2D eigenvalue weighted by Crippen LogP contribution is 2.11. The molecule has 0 aliphatic carbocycles. The number of carbonyl (C=O) groups is 1. The Bertz CT molecular complexity index is 199. The molecule has 88 valence electrons. The van der Waals surface area contributed by atoms with Crippen molar-refractivity contribution >= 4 is 21.8 Å². The van der Waals surface area contributed by atoms with Crippen molar-refractivity contribution in [2.75, 3.05) is 38.1 Å². The van der Waals surface area contributed by atoms with E-state index in [1.807, 2.05) is 4.90 Å². The van der Waals surface area contributed by atoms with Crippen molar-refractivity contribution in [3.05, 3.63) is 0 Å². The monoisotopic (exact) mass is 276 g/mol. The first-order valence-corrected chi connectivity index (χ1v) is 6.83. The molecule has 15 heavy (non-hydrogen) atoms. The zero-order chi connectivity index (χ0) is 11.3. The highest BCUT2D eigenvalue weighted by molar-refractivity contribution is 9.09. The van der Waals surface area contributed by atoms with Crippen LogP contribution in [0.25, 0.3) is 0 Å². The Labute approximate surface area is 101 Å². The van der Waals surface area contributed by atoms with Crippen LogP contribution in [0.4, 0.5) is 0 Å². The SMILES string of the molecule is CCC(CBr)CN1CCN(C(C)=O)CC1. The van der Waals surface area contributed by atoms with E-state index in [0.29, 0.717) is 0 Å². The third kappa shape index (κ3) is 4.11. The van der Waals surface area contributed by atoms with E-state index in [-0.39, 0.29) is 5.91 Å². The maximum Gasteiger partial charge on any atom is 0.219 e. The molecule has 0 aromatic rings. The summed E-state index contributed by atoms with van der Waals surface area (Å²) in [6, 6.07) is 0. The minimum Gasteiger partial charge on any atom is -0.340 e. The van der Waals surface area contributed by atoms with Gasteiger partial charge < -0.3 is 4.90 Å². The van der Waals surface area contributed by atoms with Gasteiger partial charge in [-0.3, -0.25) is 9.69 Å². The first-order chi connectivity index (χ1) is 7.17.